The number of hydrogen-bond donors (Lipinski definition) is 2. The van der Waals surface area contributed by atoms with Gasteiger partial charge in [-0.3, -0.25) is 4.79 Å². The number of fused-ring (bicyclic) bond motifs is 3. The molecule has 3 aromatic rings. The molecule has 2 amide bonds. The van der Waals surface area contributed by atoms with Crippen LogP contribution >= 0.6 is 0 Å². The highest BCUT2D eigenvalue weighted by atomic mass is 19.4. The number of benzene rings is 3. The first kappa shape index (κ1) is 31.8. The third-order valence-electron chi connectivity index (χ3n) is 7.62. The first-order chi connectivity index (χ1) is 21.2. The summed E-state index contributed by atoms with van der Waals surface area (Å²) in [5.41, 5.74) is 1.56. The lowest BCUT2D eigenvalue weighted by atomic mass is 9.98. The second-order valence-electron chi connectivity index (χ2n) is 10.8. The van der Waals surface area contributed by atoms with Crippen LogP contribution in [0.3, 0.4) is 0 Å². The van der Waals surface area contributed by atoms with E-state index >= 15 is 0 Å². The number of alkyl halides is 6. The van der Waals surface area contributed by atoms with E-state index in [4.69, 9.17) is 4.74 Å². The van der Waals surface area contributed by atoms with Crippen molar-refractivity contribution in [1.82, 2.24) is 10.6 Å². The predicted molar refractivity (Wildman–Crippen MR) is 146 cm³/mol. The number of rotatable bonds is 8. The number of amides is 2. The summed E-state index contributed by atoms with van der Waals surface area (Å²) in [6.07, 6.45) is -13.5. The molecule has 1 fully saturated rings. The van der Waals surface area contributed by atoms with Gasteiger partial charge in [-0.25, -0.2) is 9.59 Å². The molecule has 5 rings (SSSR count). The second kappa shape index (κ2) is 11.7. The Bertz CT molecular complexity index is 1540. The summed E-state index contributed by atoms with van der Waals surface area (Å²) in [6, 6.07) is 22.1. The average Bonchev–Trinajstić information content (AvgIpc) is 3.47. The SMILES string of the molecule is C[C@@]1(CNC(=O)[C@H](Cc2ccccc2)NC(=O)OCC2c3ccccc3-c3ccccc32)OC(C(F)(F)F)(C(F)(F)F)OC1=O. The number of cyclic esters (lactones) is 1. The van der Waals surface area contributed by atoms with Crippen LogP contribution in [0.15, 0.2) is 78.9 Å². The Balaban J connectivity index is 1.29. The number of carbonyl (C=O) groups excluding carboxylic acids is 3. The summed E-state index contributed by atoms with van der Waals surface area (Å²) in [7, 11) is 0. The highest BCUT2D eigenvalue weighted by Crippen LogP contribution is 2.52. The van der Waals surface area contributed by atoms with Gasteiger partial charge in [0.1, 0.15) is 12.6 Å². The molecule has 1 aliphatic carbocycles. The fourth-order valence-corrected chi connectivity index (χ4v) is 5.34. The minimum atomic E-state index is -6.16. The van der Waals surface area contributed by atoms with Gasteiger partial charge < -0.3 is 24.8 Å². The van der Waals surface area contributed by atoms with Crippen LogP contribution in [0.25, 0.3) is 11.1 Å². The van der Waals surface area contributed by atoms with Gasteiger partial charge in [0.25, 0.3) is 0 Å². The molecule has 3 aromatic carbocycles. The average molecular weight is 637 g/mol. The van der Waals surface area contributed by atoms with Gasteiger partial charge in [0.15, 0.2) is 5.60 Å². The molecule has 2 atom stereocenters. The van der Waals surface area contributed by atoms with Crippen molar-refractivity contribution >= 4 is 18.0 Å². The fraction of sp³-hybridized carbons (Fsp3) is 0.323. The second-order valence-corrected chi connectivity index (χ2v) is 10.8. The zero-order valence-corrected chi connectivity index (χ0v) is 23.5. The zero-order valence-electron chi connectivity index (χ0n) is 23.5. The standard InChI is InChI=1S/C31H26F6N2O6/c1-28(26(41)44-29(45-28,30(32,33)34)31(35,36)37)17-38-25(40)24(15-18-9-3-2-4-10-18)39-27(42)43-16-23-21-13-7-5-11-19(21)20-12-6-8-14-22(20)23/h2-14,23-24H,15-17H2,1H3,(H,38,40)(H,39,42)/t24-,28-/m0/s1. The molecular weight excluding hydrogens is 610 g/mol. The van der Waals surface area contributed by atoms with Gasteiger partial charge in [0.2, 0.25) is 5.91 Å². The van der Waals surface area contributed by atoms with Gasteiger partial charge in [-0.1, -0.05) is 78.9 Å². The Kier molecular flexibility index (Phi) is 8.29. The number of carbonyl (C=O) groups is 3. The summed E-state index contributed by atoms with van der Waals surface area (Å²) in [4.78, 5) is 38.4. The molecule has 0 bridgehead atoms. The first-order valence-corrected chi connectivity index (χ1v) is 13.7. The summed E-state index contributed by atoms with van der Waals surface area (Å²) < 4.78 is 93.9. The predicted octanol–water partition coefficient (Wildman–Crippen LogP) is 5.41. The molecule has 14 heteroatoms. The van der Waals surface area contributed by atoms with Crippen molar-refractivity contribution < 1.29 is 54.9 Å². The number of ether oxygens (including phenoxy) is 3. The van der Waals surface area contributed by atoms with Gasteiger partial charge in [0.05, 0.1) is 6.54 Å². The monoisotopic (exact) mass is 636 g/mol. The minimum absolute atomic E-state index is 0.0890. The molecule has 0 unspecified atom stereocenters. The Morgan fingerprint density at radius 3 is 1.93 bits per heavy atom. The highest BCUT2D eigenvalue weighted by molar-refractivity contribution is 5.88. The van der Waals surface area contributed by atoms with E-state index in [9.17, 15) is 40.7 Å². The normalized spacial score (nSPS) is 19.7. The number of hydrogen-bond acceptors (Lipinski definition) is 6. The third kappa shape index (κ3) is 6.06. The van der Waals surface area contributed by atoms with E-state index in [0.717, 1.165) is 22.3 Å². The van der Waals surface area contributed by atoms with E-state index in [1.807, 2.05) is 48.5 Å². The summed E-state index contributed by atoms with van der Waals surface area (Å²) >= 11 is 0. The van der Waals surface area contributed by atoms with Crippen LogP contribution in [0.2, 0.25) is 0 Å². The van der Waals surface area contributed by atoms with Crippen LogP contribution in [0.1, 0.15) is 29.5 Å². The van der Waals surface area contributed by atoms with Crippen LogP contribution in [-0.4, -0.2) is 60.9 Å². The molecule has 0 radical (unpaired) electrons. The van der Waals surface area contributed by atoms with Crippen LogP contribution in [0, 0.1) is 0 Å². The van der Waals surface area contributed by atoms with E-state index in [2.05, 4.69) is 20.1 Å². The smallest absolute Gasteiger partial charge is 0.449 e. The van der Waals surface area contributed by atoms with Gasteiger partial charge in [-0.15, -0.1) is 0 Å². The van der Waals surface area contributed by atoms with Crippen LogP contribution in [0.4, 0.5) is 31.1 Å². The molecule has 1 saturated heterocycles. The van der Waals surface area contributed by atoms with Gasteiger partial charge in [-0.2, -0.15) is 26.3 Å². The van der Waals surface area contributed by atoms with Crippen LogP contribution < -0.4 is 10.6 Å². The maximum atomic E-state index is 13.4. The first-order valence-electron chi connectivity index (χ1n) is 13.7. The molecular formula is C31H26F6N2O6. The van der Waals surface area contributed by atoms with Crippen LogP contribution in [-0.2, 0) is 30.2 Å². The minimum Gasteiger partial charge on any atom is -0.449 e. The largest absolute Gasteiger partial charge is 0.465 e. The van der Waals surface area contributed by atoms with E-state index in [0.29, 0.717) is 12.5 Å². The zero-order chi connectivity index (χ0) is 32.6. The number of alkyl carbamates (subject to hydrolysis) is 1. The molecule has 0 spiro atoms. The van der Waals surface area contributed by atoms with E-state index in [1.54, 1.807) is 30.3 Å². The van der Waals surface area contributed by atoms with Crippen LogP contribution in [0.5, 0.6) is 0 Å². The lowest BCUT2D eigenvalue weighted by molar-refractivity contribution is -0.444. The maximum Gasteiger partial charge on any atom is 0.465 e. The lowest BCUT2D eigenvalue weighted by Crippen LogP contribution is -2.59. The van der Waals surface area contributed by atoms with Crippen molar-refractivity contribution in [2.24, 2.45) is 0 Å². The Labute approximate surface area is 252 Å². The maximum absolute atomic E-state index is 13.4. The van der Waals surface area contributed by atoms with Crippen molar-refractivity contribution in [3.05, 3.63) is 95.6 Å². The van der Waals surface area contributed by atoms with Crippen molar-refractivity contribution in [2.45, 2.75) is 49.0 Å². The number of esters is 1. The van der Waals surface area contributed by atoms with E-state index < -0.39 is 54.3 Å². The summed E-state index contributed by atoms with van der Waals surface area (Å²) in [5, 5.41) is 4.53. The Morgan fingerprint density at radius 2 is 1.40 bits per heavy atom. The lowest BCUT2D eigenvalue weighted by Gasteiger charge is -2.32. The van der Waals surface area contributed by atoms with E-state index in [-0.39, 0.29) is 18.9 Å². The number of halogens is 6. The molecule has 45 heavy (non-hydrogen) atoms. The molecule has 8 nitrogen and oxygen atoms in total. The van der Waals surface area contributed by atoms with Gasteiger partial charge in [0, 0.05) is 12.3 Å². The number of nitrogens with one attached hydrogen (secondary N) is 2. The van der Waals surface area contributed by atoms with Crippen molar-refractivity contribution in [1.29, 1.82) is 0 Å². The van der Waals surface area contributed by atoms with Gasteiger partial charge >= 0.3 is 30.2 Å². The molecule has 1 aliphatic heterocycles. The van der Waals surface area contributed by atoms with E-state index in [1.165, 1.54) is 0 Å². The molecule has 0 aromatic heterocycles. The van der Waals surface area contributed by atoms with Crippen molar-refractivity contribution in [2.75, 3.05) is 13.2 Å². The topological polar surface area (TPSA) is 103 Å². The highest BCUT2D eigenvalue weighted by Gasteiger charge is 2.82. The molecule has 2 aliphatic rings. The molecule has 2 N–H and O–H groups in total. The van der Waals surface area contributed by atoms with Gasteiger partial charge in [-0.05, 0) is 34.7 Å². The van der Waals surface area contributed by atoms with Crippen molar-refractivity contribution in [3.63, 3.8) is 0 Å². The third-order valence-corrected chi connectivity index (χ3v) is 7.62. The fourth-order valence-electron chi connectivity index (χ4n) is 5.34. The summed E-state index contributed by atoms with van der Waals surface area (Å²) in [5.74, 6) is -8.51. The van der Waals surface area contributed by atoms with Crippen molar-refractivity contribution in [3.8, 4) is 11.1 Å². The summed E-state index contributed by atoms with van der Waals surface area (Å²) in [6.45, 7) is -0.593. The quantitative estimate of drug-likeness (QED) is 0.254. The molecule has 1 heterocycles. The Hall–Kier alpha value is -4.59. The molecule has 0 saturated carbocycles. The molecule has 238 valence electrons. The Morgan fingerprint density at radius 1 is 0.867 bits per heavy atom.